The first-order valence-electron chi connectivity index (χ1n) is 7.63. The molecule has 0 aliphatic heterocycles. The number of hydrogen-bond acceptors (Lipinski definition) is 5. The normalized spacial score (nSPS) is 11.4. The van der Waals surface area contributed by atoms with Crippen molar-refractivity contribution in [1.29, 1.82) is 0 Å². The minimum atomic E-state index is -1.05. The van der Waals surface area contributed by atoms with Gasteiger partial charge in [0.05, 0.1) is 0 Å². The smallest absolute Gasteiger partial charge is 0.326 e. The molecule has 1 aromatic rings. The summed E-state index contributed by atoms with van der Waals surface area (Å²) in [5.74, 6) is 0.969. The van der Waals surface area contributed by atoms with Gasteiger partial charge in [-0.1, -0.05) is 31.7 Å². The van der Waals surface area contributed by atoms with E-state index in [2.05, 4.69) is 11.9 Å². The molecule has 1 rings (SSSR count). The van der Waals surface area contributed by atoms with Crippen molar-refractivity contribution in [3.8, 4) is 11.5 Å². The van der Waals surface area contributed by atoms with Gasteiger partial charge in [0.2, 0.25) is 0 Å². The number of thioether (sulfide) groups is 1. The number of rotatable bonds is 12. The predicted molar refractivity (Wildman–Crippen MR) is 94.8 cm³/mol. The Kier molecular flexibility index (Phi) is 9.45. The summed E-state index contributed by atoms with van der Waals surface area (Å²) in [7, 11) is 0. The summed E-state index contributed by atoms with van der Waals surface area (Å²) in [6.07, 6.45) is 1.98. The van der Waals surface area contributed by atoms with Gasteiger partial charge in [-0.3, -0.25) is 4.79 Å². The van der Waals surface area contributed by atoms with Crippen molar-refractivity contribution in [3.05, 3.63) is 36.9 Å². The standard InChI is InChI=1S/C17H23NO5S/c1-3-10-22-14-7-5-6-8-15(14)23-12-16(19)18-13(17(20)21)9-11-24-4-2/h3,5-8,13H,1,4,9-12H2,2H3,(H,18,19)(H,20,21). The summed E-state index contributed by atoms with van der Waals surface area (Å²) in [5.41, 5.74) is 0. The molecule has 0 aliphatic carbocycles. The molecular formula is C17H23NO5S. The Hall–Kier alpha value is -2.15. The van der Waals surface area contributed by atoms with Crippen LogP contribution in [0.4, 0.5) is 0 Å². The molecule has 0 aromatic heterocycles. The van der Waals surface area contributed by atoms with E-state index in [1.165, 1.54) is 0 Å². The van der Waals surface area contributed by atoms with Crippen LogP contribution in [0.25, 0.3) is 0 Å². The van der Waals surface area contributed by atoms with Crippen LogP contribution in [0.2, 0.25) is 0 Å². The van der Waals surface area contributed by atoms with E-state index in [1.54, 1.807) is 42.1 Å². The summed E-state index contributed by atoms with van der Waals surface area (Å²) in [6.45, 7) is 5.61. The first-order chi connectivity index (χ1) is 11.6. The van der Waals surface area contributed by atoms with E-state index in [9.17, 15) is 9.59 Å². The molecule has 1 amide bonds. The number of carboxylic acids is 1. The molecule has 2 N–H and O–H groups in total. The topological polar surface area (TPSA) is 84.9 Å². The first kappa shape index (κ1) is 19.9. The van der Waals surface area contributed by atoms with E-state index in [4.69, 9.17) is 14.6 Å². The maximum Gasteiger partial charge on any atom is 0.326 e. The number of carboxylic acid groups (broad SMARTS) is 1. The van der Waals surface area contributed by atoms with Gasteiger partial charge in [0.1, 0.15) is 12.6 Å². The number of hydrogen-bond donors (Lipinski definition) is 2. The molecule has 1 aromatic carbocycles. The highest BCUT2D eigenvalue weighted by molar-refractivity contribution is 7.99. The second-order valence-corrected chi connectivity index (χ2v) is 6.17. The monoisotopic (exact) mass is 353 g/mol. The molecule has 132 valence electrons. The fourth-order valence-electron chi connectivity index (χ4n) is 1.82. The summed E-state index contributed by atoms with van der Waals surface area (Å²) < 4.78 is 10.9. The quantitative estimate of drug-likeness (QED) is 0.443. The van der Waals surface area contributed by atoms with Gasteiger partial charge in [0.15, 0.2) is 18.1 Å². The molecular weight excluding hydrogens is 330 g/mol. The fourth-order valence-corrected chi connectivity index (χ4v) is 2.51. The van der Waals surface area contributed by atoms with Gasteiger partial charge in [-0.2, -0.15) is 11.8 Å². The summed E-state index contributed by atoms with van der Waals surface area (Å²) >= 11 is 1.63. The number of ether oxygens (including phenoxy) is 2. The van der Waals surface area contributed by atoms with Crippen molar-refractivity contribution in [2.75, 3.05) is 24.7 Å². The van der Waals surface area contributed by atoms with Gasteiger partial charge >= 0.3 is 5.97 Å². The van der Waals surface area contributed by atoms with E-state index in [1.807, 2.05) is 6.92 Å². The summed E-state index contributed by atoms with van der Waals surface area (Å²) in [6, 6.07) is 6.04. The van der Waals surface area contributed by atoms with E-state index in [0.29, 0.717) is 30.3 Å². The fraction of sp³-hybridized carbons (Fsp3) is 0.412. The summed E-state index contributed by atoms with van der Waals surface area (Å²) in [4.78, 5) is 23.1. The van der Waals surface area contributed by atoms with Crippen molar-refractivity contribution < 1.29 is 24.2 Å². The predicted octanol–water partition coefficient (Wildman–Crippen LogP) is 2.34. The van der Waals surface area contributed by atoms with Crippen LogP contribution in [0.5, 0.6) is 11.5 Å². The molecule has 0 saturated heterocycles. The van der Waals surface area contributed by atoms with Crippen LogP contribution < -0.4 is 14.8 Å². The number of carbonyl (C=O) groups excluding carboxylic acids is 1. The van der Waals surface area contributed by atoms with Gasteiger partial charge in [-0.25, -0.2) is 4.79 Å². The van der Waals surface area contributed by atoms with Gasteiger partial charge in [0, 0.05) is 0 Å². The number of amides is 1. The SMILES string of the molecule is C=CCOc1ccccc1OCC(=O)NC(CCSCC)C(=O)O. The summed E-state index contributed by atoms with van der Waals surface area (Å²) in [5, 5.41) is 11.6. The van der Waals surface area contributed by atoms with Gasteiger partial charge in [-0.15, -0.1) is 0 Å². The van der Waals surface area contributed by atoms with Crippen LogP contribution in [-0.2, 0) is 9.59 Å². The number of benzene rings is 1. The van der Waals surface area contributed by atoms with Crippen LogP contribution in [-0.4, -0.2) is 47.7 Å². The third kappa shape index (κ3) is 7.41. The highest BCUT2D eigenvalue weighted by atomic mass is 32.2. The molecule has 7 heteroatoms. The number of para-hydroxylation sites is 2. The van der Waals surface area contributed by atoms with Crippen molar-refractivity contribution in [3.63, 3.8) is 0 Å². The molecule has 0 fully saturated rings. The van der Waals surface area contributed by atoms with Crippen molar-refractivity contribution >= 4 is 23.6 Å². The van der Waals surface area contributed by atoms with E-state index in [-0.39, 0.29) is 6.61 Å². The second-order valence-electron chi connectivity index (χ2n) is 4.78. The van der Waals surface area contributed by atoms with Crippen molar-refractivity contribution in [2.45, 2.75) is 19.4 Å². The molecule has 6 nitrogen and oxygen atoms in total. The lowest BCUT2D eigenvalue weighted by molar-refractivity contribution is -0.142. The number of nitrogens with one attached hydrogen (secondary N) is 1. The third-order valence-corrected chi connectivity index (χ3v) is 3.89. The van der Waals surface area contributed by atoms with E-state index < -0.39 is 17.9 Å². The number of aliphatic carboxylic acids is 1. The first-order valence-corrected chi connectivity index (χ1v) is 8.79. The molecule has 24 heavy (non-hydrogen) atoms. The average molecular weight is 353 g/mol. The highest BCUT2D eigenvalue weighted by Crippen LogP contribution is 2.26. The van der Waals surface area contributed by atoms with Crippen molar-refractivity contribution in [2.24, 2.45) is 0 Å². The van der Waals surface area contributed by atoms with Crippen LogP contribution in [0.1, 0.15) is 13.3 Å². The van der Waals surface area contributed by atoms with Gasteiger partial charge in [0.25, 0.3) is 5.91 Å². The Balaban J connectivity index is 2.52. The van der Waals surface area contributed by atoms with Gasteiger partial charge < -0.3 is 19.9 Å². The van der Waals surface area contributed by atoms with E-state index >= 15 is 0 Å². The number of carbonyl (C=O) groups is 2. The van der Waals surface area contributed by atoms with Gasteiger partial charge in [-0.05, 0) is 30.1 Å². The lowest BCUT2D eigenvalue weighted by Crippen LogP contribution is -2.43. The Bertz CT molecular complexity index is 550. The molecule has 0 heterocycles. The lowest BCUT2D eigenvalue weighted by atomic mass is 10.2. The molecule has 1 atom stereocenters. The van der Waals surface area contributed by atoms with E-state index in [0.717, 1.165) is 5.75 Å². The molecule has 0 radical (unpaired) electrons. The molecule has 0 saturated carbocycles. The maximum atomic E-state index is 11.9. The minimum absolute atomic E-state index is 0.279. The van der Waals surface area contributed by atoms with Crippen LogP contribution in [0.3, 0.4) is 0 Å². The van der Waals surface area contributed by atoms with Crippen LogP contribution >= 0.6 is 11.8 Å². The van der Waals surface area contributed by atoms with Crippen LogP contribution in [0.15, 0.2) is 36.9 Å². The molecule has 0 bridgehead atoms. The zero-order chi connectivity index (χ0) is 17.8. The third-order valence-electron chi connectivity index (χ3n) is 2.95. The van der Waals surface area contributed by atoms with Crippen molar-refractivity contribution in [1.82, 2.24) is 5.32 Å². The molecule has 0 spiro atoms. The second kappa shape index (κ2) is 11.4. The molecule has 1 unspecified atom stereocenters. The van der Waals surface area contributed by atoms with Crippen LogP contribution in [0, 0.1) is 0 Å². The highest BCUT2D eigenvalue weighted by Gasteiger charge is 2.20. The zero-order valence-electron chi connectivity index (χ0n) is 13.7. The Morgan fingerprint density at radius 2 is 2.00 bits per heavy atom. The molecule has 0 aliphatic rings. The maximum absolute atomic E-state index is 11.9. The average Bonchev–Trinajstić information content (AvgIpc) is 2.58. The Labute approximate surface area is 146 Å². The zero-order valence-corrected chi connectivity index (χ0v) is 14.5. The largest absolute Gasteiger partial charge is 0.486 e. The Morgan fingerprint density at radius 1 is 1.33 bits per heavy atom. The Morgan fingerprint density at radius 3 is 2.58 bits per heavy atom. The minimum Gasteiger partial charge on any atom is -0.486 e. The lowest BCUT2D eigenvalue weighted by Gasteiger charge is -2.15.